The summed E-state index contributed by atoms with van der Waals surface area (Å²) in [6, 6.07) is 41.5. The Labute approximate surface area is 425 Å². The zero-order valence-electron chi connectivity index (χ0n) is 39.5. The molecule has 18 heteroatoms. The highest BCUT2D eigenvalue weighted by molar-refractivity contribution is 8.00. The van der Waals surface area contributed by atoms with Crippen LogP contribution < -0.4 is 25.3 Å². The van der Waals surface area contributed by atoms with E-state index in [1.807, 2.05) is 126 Å². The Kier molecular flexibility index (Phi) is 16.0. The molecule has 2 aliphatic rings. The predicted octanol–water partition coefficient (Wildman–Crippen LogP) is 8.23. The quantitative estimate of drug-likeness (QED) is 0.0136. The minimum absolute atomic E-state index is 0.0106. The third kappa shape index (κ3) is 11.9. The Bertz CT molecular complexity index is 2790. The van der Waals surface area contributed by atoms with Gasteiger partial charge in [-0.1, -0.05) is 137 Å². The van der Waals surface area contributed by atoms with Gasteiger partial charge in [0.05, 0.1) is 7.11 Å². The zero-order chi connectivity index (χ0) is 50.0. The van der Waals surface area contributed by atoms with Crippen molar-refractivity contribution in [2.45, 2.75) is 62.9 Å². The third-order valence-electron chi connectivity index (χ3n) is 11.4. The van der Waals surface area contributed by atoms with Crippen molar-refractivity contribution in [1.29, 1.82) is 0 Å². The number of amides is 3. The van der Waals surface area contributed by atoms with Gasteiger partial charge >= 0.3 is 12.1 Å². The number of carbonyl (C=O) groups excluding carboxylic acids is 4. The number of halogens is 1. The summed E-state index contributed by atoms with van der Waals surface area (Å²) in [5, 5.41) is 13.2. The maximum Gasteiger partial charge on any atom is 0.407 e. The van der Waals surface area contributed by atoms with Crippen LogP contribution in [-0.2, 0) is 47.4 Å². The smallest absolute Gasteiger partial charge is 0.407 e. The van der Waals surface area contributed by atoms with Crippen LogP contribution in [0, 0.1) is 0 Å². The van der Waals surface area contributed by atoms with Crippen molar-refractivity contribution in [3.8, 4) is 5.75 Å². The second-order valence-electron chi connectivity index (χ2n) is 17.5. The van der Waals surface area contributed by atoms with Gasteiger partial charge in [0, 0.05) is 36.4 Å². The number of hydrogen-bond donors (Lipinski definition) is 3. The Balaban J connectivity index is 1.07. The lowest BCUT2D eigenvalue weighted by molar-refractivity contribution is -0.689. The van der Waals surface area contributed by atoms with Gasteiger partial charge in [-0.05, 0) is 55.2 Å². The molecule has 8 rings (SSSR count). The average molecular weight is 1020 g/mol. The van der Waals surface area contributed by atoms with E-state index in [4.69, 9.17) is 35.6 Å². The van der Waals surface area contributed by atoms with Crippen LogP contribution in [0.2, 0.25) is 4.34 Å². The summed E-state index contributed by atoms with van der Waals surface area (Å²) in [4.78, 5) is 67.3. The molecule has 1 fully saturated rings. The number of esters is 1. The summed E-state index contributed by atoms with van der Waals surface area (Å²) in [5.74, 6) is -0.932. The number of nitrogens with one attached hydrogen (secondary N) is 3. The average Bonchev–Trinajstić information content (AvgIpc) is 3.75. The summed E-state index contributed by atoms with van der Waals surface area (Å²) in [6.45, 7) is 5.79. The van der Waals surface area contributed by atoms with Crippen molar-refractivity contribution in [2.75, 3.05) is 31.3 Å². The normalized spacial score (nSPS) is 15.8. The maximum atomic E-state index is 14.6. The van der Waals surface area contributed by atoms with Gasteiger partial charge in [-0.25, -0.2) is 19.1 Å². The van der Waals surface area contributed by atoms with Crippen molar-refractivity contribution in [2.24, 2.45) is 5.16 Å². The molecule has 2 aliphatic heterocycles. The Hall–Kier alpha value is -7.21. The number of benzene rings is 4. The molecule has 3 N–H and O–H groups in total. The zero-order valence-corrected chi connectivity index (χ0v) is 41.9. The number of methoxy groups -OCH3 is 1. The maximum absolute atomic E-state index is 14.6. The number of β-lactam (4-membered cyclic amide) rings is 1. The van der Waals surface area contributed by atoms with E-state index < -0.39 is 46.4 Å². The summed E-state index contributed by atoms with van der Waals surface area (Å²) >= 11 is 9.57. The number of thioether (sulfide) groups is 1. The van der Waals surface area contributed by atoms with Gasteiger partial charge < -0.3 is 35.0 Å². The van der Waals surface area contributed by atoms with Crippen LogP contribution in [0.5, 0.6) is 5.75 Å². The number of oxime groups is 1. The largest absolute Gasteiger partial charge is 0.497 e. The van der Waals surface area contributed by atoms with E-state index in [1.54, 1.807) is 52.1 Å². The number of alkyl carbamates (subject to hydrolysis) is 1. The lowest BCUT2D eigenvalue weighted by Crippen LogP contribution is -2.71. The van der Waals surface area contributed by atoms with E-state index >= 15 is 0 Å². The summed E-state index contributed by atoms with van der Waals surface area (Å²) in [7, 11) is 1.57. The van der Waals surface area contributed by atoms with E-state index in [-0.39, 0.29) is 41.2 Å². The van der Waals surface area contributed by atoms with E-state index in [1.165, 1.54) is 16.7 Å². The number of hydrogen-bond acceptors (Lipinski definition) is 13. The van der Waals surface area contributed by atoms with Crippen molar-refractivity contribution in [1.82, 2.24) is 20.5 Å². The van der Waals surface area contributed by atoms with E-state index in [9.17, 15) is 19.2 Å². The number of aromatic nitrogens is 2. The van der Waals surface area contributed by atoms with Crippen molar-refractivity contribution in [3.63, 3.8) is 0 Å². The molecule has 0 unspecified atom stereocenters. The fraction of sp³-hybridized carbons (Fsp3) is 0.264. The summed E-state index contributed by atoms with van der Waals surface area (Å²) in [6.07, 6.45) is 3.48. The van der Waals surface area contributed by atoms with Gasteiger partial charge in [-0.15, -0.1) is 11.8 Å². The monoisotopic (exact) mass is 1010 g/mol. The van der Waals surface area contributed by atoms with Crippen molar-refractivity contribution < 1.29 is 42.8 Å². The molecule has 366 valence electrons. The summed E-state index contributed by atoms with van der Waals surface area (Å²) < 4.78 is 18.5. The van der Waals surface area contributed by atoms with Crippen LogP contribution in [0.15, 0.2) is 162 Å². The summed E-state index contributed by atoms with van der Waals surface area (Å²) in [5.41, 5.74) is 2.38. The van der Waals surface area contributed by atoms with Gasteiger partial charge in [-0.3, -0.25) is 14.5 Å². The molecule has 4 aromatic carbocycles. The van der Waals surface area contributed by atoms with E-state index in [0.29, 0.717) is 35.2 Å². The first-order chi connectivity index (χ1) is 34.3. The van der Waals surface area contributed by atoms with E-state index in [0.717, 1.165) is 33.6 Å². The molecule has 2 aromatic heterocycles. The Morgan fingerprint density at radius 2 is 1.46 bits per heavy atom. The molecular weight excluding hydrogens is 962 g/mol. The van der Waals surface area contributed by atoms with Crippen LogP contribution in [0.4, 0.5) is 9.93 Å². The van der Waals surface area contributed by atoms with Gasteiger partial charge in [0.15, 0.2) is 29.8 Å². The standard InChI is InChI=1S/C53H52ClN7O8S2/c1-52(2,3)69-51(65)55-28-17-31-68-59-42(41-45(54)71-50(57-41)58-53(37-18-9-5-10-19-37,38-20-11-6-12-21-38)39-22-13-7-14-23-39)46(62)56-43-47(63)61-44(49(64)67-33-35-24-26-40(66-4)27-25-35)36(34-70-48(43)61)32-60-29-15-8-16-30-60/h5-16,18-27,29-30,43,48H,17,28,31-34H2,1-4H3,(H2-,55,56,57,58,62,65)/p+1/t43-,48+/m1/s1. The molecule has 3 amide bonds. The van der Waals surface area contributed by atoms with Crippen LogP contribution in [0.3, 0.4) is 0 Å². The molecule has 1 saturated heterocycles. The Morgan fingerprint density at radius 1 is 0.859 bits per heavy atom. The molecule has 0 radical (unpaired) electrons. The van der Waals surface area contributed by atoms with Crippen LogP contribution in [-0.4, -0.2) is 82.5 Å². The van der Waals surface area contributed by atoms with Crippen molar-refractivity contribution >= 4 is 69.4 Å². The van der Waals surface area contributed by atoms with Crippen LogP contribution in [0.1, 0.15) is 55.1 Å². The fourth-order valence-corrected chi connectivity index (χ4v) is 10.5. The number of rotatable bonds is 19. The molecule has 71 heavy (non-hydrogen) atoms. The number of pyridine rings is 1. The van der Waals surface area contributed by atoms with Gasteiger partial charge in [0.2, 0.25) is 0 Å². The van der Waals surface area contributed by atoms with Crippen molar-refractivity contribution in [3.05, 3.63) is 189 Å². The first-order valence-electron chi connectivity index (χ1n) is 22.8. The van der Waals surface area contributed by atoms with Gasteiger partial charge in [0.25, 0.3) is 11.8 Å². The molecule has 15 nitrogen and oxygen atoms in total. The lowest BCUT2D eigenvalue weighted by Gasteiger charge is -2.49. The molecule has 2 atom stereocenters. The number of nitrogens with zero attached hydrogens (tertiary/aromatic N) is 4. The number of carbonyl (C=O) groups is 4. The molecule has 4 heterocycles. The molecule has 0 saturated carbocycles. The highest BCUT2D eigenvalue weighted by Gasteiger charge is 2.55. The predicted molar refractivity (Wildman–Crippen MR) is 273 cm³/mol. The third-order valence-corrected chi connectivity index (χ3v) is 13.9. The molecule has 0 aliphatic carbocycles. The molecule has 0 spiro atoms. The minimum atomic E-state index is -1.07. The topological polar surface area (TPSA) is 174 Å². The Morgan fingerprint density at radius 3 is 2.06 bits per heavy atom. The highest BCUT2D eigenvalue weighted by atomic mass is 35.5. The first-order valence-corrected chi connectivity index (χ1v) is 25.1. The van der Waals surface area contributed by atoms with Gasteiger partial charge in [0.1, 0.15) is 57.2 Å². The molecular formula is C53H53ClN7O8S2+. The van der Waals surface area contributed by atoms with Crippen LogP contribution in [0.25, 0.3) is 0 Å². The number of ether oxygens (including phenoxy) is 3. The number of fused-ring (bicyclic) bond motifs is 1. The van der Waals surface area contributed by atoms with E-state index in [2.05, 4.69) is 21.1 Å². The van der Waals surface area contributed by atoms with Gasteiger partial charge in [-0.2, -0.15) is 0 Å². The lowest BCUT2D eigenvalue weighted by atomic mass is 9.77. The molecule has 6 aromatic rings. The first kappa shape index (κ1) is 50.2. The minimum Gasteiger partial charge on any atom is -0.497 e. The SMILES string of the molecule is COc1ccc(COC(=O)C2=C(C[n+]3ccccc3)CS[C@H]3[C@H](NC(=O)C(=NOCCCNC(=O)OC(C)(C)C)c4nc(NC(c5ccccc5)(c5ccccc5)c5ccccc5)sc4Cl)C(=O)N23)cc1. The number of anilines is 1. The fourth-order valence-electron chi connectivity index (χ4n) is 8.09. The second-order valence-corrected chi connectivity index (χ2v) is 20.2. The second kappa shape index (κ2) is 22.7. The van der Waals surface area contributed by atoms with Crippen LogP contribution >= 0.6 is 34.7 Å². The molecule has 0 bridgehead atoms. The highest BCUT2D eigenvalue weighted by Crippen LogP contribution is 2.43. The number of thiazole rings is 1.